The van der Waals surface area contributed by atoms with Gasteiger partial charge in [0, 0.05) is 12.1 Å². The van der Waals surface area contributed by atoms with E-state index in [9.17, 15) is 0 Å². The topological polar surface area (TPSA) is 107 Å². The van der Waals surface area contributed by atoms with E-state index in [1.165, 1.54) is 0 Å². The second-order valence-electron chi connectivity index (χ2n) is 4.34. The van der Waals surface area contributed by atoms with Gasteiger partial charge >= 0.3 is 0 Å². The molecule has 0 bridgehead atoms. The van der Waals surface area contributed by atoms with E-state index >= 15 is 0 Å². The van der Waals surface area contributed by atoms with Crippen LogP contribution in [0.25, 0.3) is 5.65 Å². The summed E-state index contributed by atoms with van der Waals surface area (Å²) in [6.45, 7) is 0.516. The number of aromatic nitrogens is 4. The van der Waals surface area contributed by atoms with Gasteiger partial charge in [0.15, 0.2) is 11.5 Å². The van der Waals surface area contributed by atoms with Crippen molar-refractivity contribution in [2.45, 2.75) is 6.42 Å². The van der Waals surface area contributed by atoms with Crippen molar-refractivity contribution in [1.82, 2.24) is 19.6 Å². The first-order valence-corrected chi connectivity index (χ1v) is 6.30. The zero-order chi connectivity index (χ0) is 13.9. The molecular weight excluding hydrogens is 254 g/mol. The summed E-state index contributed by atoms with van der Waals surface area (Å²) in [6, 6.07) is 9.70. The lowest BCUT2D eigenvalue weighted by atomic mass is 10.3. The van der Waals surface area contributed by atoms with Gasteiger partial charge in [0.1, 0.15) is 0 Å². The van der Waals surface area contributed by atoms with Crippen LogP contribution in [-0.4, -0.2) is 26.1 Å². The third-order valence-electron chi connectivity index (χ3n) is 2.89. The molecule has 102 valence electrons. The van der Waals surface area contributed by atoms with Crippen LogP contribution in [0.1, 0.15) is 5.69 Å². The van der Waals surface area contributed by atoms with Gasteiger partial charge in [-0.3, -0.25) is 0 Å². The highest BCUT2D eigenvalue weighted by Gasteiger charge is 2.11. The maximum absolute atomic E-state index is 5.83. The molecule has 2 aromatic heterocycles. The van der Waals surface area contributed by atoms with Crippen LogP contribution in [0.15, 0.2) is 36.5 Å². The lowest BCUT2D eigenvalue weighted by molar-refractivity contribution is 0.820. The van der Waals surface area contributed by atoms with Crippen LogP contribution in [0, 0.1) is 0 Å². The number of anilines is 3. The number of para-hydroxylation sites is 1. The van der Waals surface area contributed by atoms with Gasteiger partial charge in [-0.1, -0.05) is 18.2 Å². The summed E-state index contributed by atoms with van der Waals surface area (Å²) in [6.07, 6.45) is 2.34. The number of rotatable bonds is 4. The Balaban J connectivity index is 2.01. The van der Waals surface area contributed by atoms with Crippen molar-refractivity contribution >= 4 is 23.1 Å². The van der Waals surface area contributed by atoms with Gasteiger partial charge in [-0.15, -0.1) is 5.10 Å². The second kappa shape index (κ2) is 5.14. The van der Waals surface area contributed by atoms with Gasteiger partial charge in [0.05, 0.1) is 11.9 Å². The van der Waals surface area contributed by atoms with Crippen LogP contribution < -0.4 is 16.8 Å². The first kappa shape index (κ1) is 12.4. The molecule has 1 aromatic carbocycles. The van der Waals surface area contributed by atoms with Crippen molar-refractivity contribution in [3.8, 4) is 0 Å². The number of benzene rings is 1. The van der Waals surface area contributed by atoms with Crippen molar-refractivity contribution in [2.75, 3.05) is 17.6 Å². The summed E-state index contributed by atoms with van der Waals surface area (Å²) >= 11 is 0. The summed E-state index contributed by atoms with van der Waals surface area (Å²) in [7, 11) is 0. The quantitative estimate of drug-likeness (QED) is 0.651. The minimum Gasteiger partial charge on any atom is -0.381 e. The summed E-state index contributed by atoms with van der Waals surface area (Å²) in [5.74, 6) is 0.827. The molecule has 0 saturated heterocycles. The van der Waals surface area contributed by atoms with Gasteiger partial charge in [-0.25, -0.2) is 9.50 Å². The molecule has 20 heavy (non-hydrogen) atoms. The molecule has 5 N–H and O–H groups in total. The summed E-state index contributed by atoms with van der Waals surface area (Å²) in [5.41, 5.74) is 13.7. The monoisotopic (exact) mass is 269 g/mol. The molecule has 0 saturated carbocycles. The molecule has 0 radical (unpaired) electrons. The van der Waals surface area contributed by atoms with E-state index in [0.717, 1.165) is 11.4 Å². The molecule has 0 fully saturated rings. The largest absolute Gasteiger partial charge is 0.381 e. The Hall–Kier alpha value is -2.67. The lowest BCUT2D eigenvalue weighted by Crippen LogP contribution is -2.09. The number of nitrogen functional groups attached to an aromatic ring is 1. The Bertz CT molecular complexity index is 720. The molecule has 7 heteroatoms. The van der Waals surface area contributed by atoms with Crippen LogP contribution in [-0.2, 0) is 6.42 Å². The van der Waals surface area contributed by atoms with E-state index in [-0.39, 0.29) is 0 Å². The average Bonchev–Trinajstić information content (AvgIpc) is 2.88. The minimum absolute atomic E-state index is 0.347. The van der Waals surface area contributed by atoms with Gasteiger partial charge in [0.2, 0.25) is 5.95 Å². The van der Waals surface area contributed by atoms with E-state index in [2.05, 4.69) is 20.4 Å². The number of nitrogens with two attached hydrogens (primary N) is 2. The van der Waals surface area contributed by atoms with E-state index in [1.807, 2.05) is 30.3 Å². The van der Waals surface area contributed by atoms with E-state index in [0.29, 0.717) is 30.4 Å². The van der Waals surface area contributed by atoms with Crippen LogP contribution in [0.4, 0.5) is 17.5 Å². The third-order valence-corrected chi connectivity index (χ3v) is 2.89. The van der Waals surface area contributed by atoms with Crippen molar-refractivity contribution in [2.24, 2.45) is 5.73 Å². The third kappa shape index (κ3) is 2.26. The van der Waals surface area contributed by atoms with Gasteiger partial charge < -0.3 is 16.8 Å². The van der Waals surface area contributed by atoms with Crippen molar-refractivity contribution < 1.29 is 0 Å². The predicted octanol–water partition coefficient (Wildman–Crippen LogP) is 0.951. The molecular formula is C13H15N7. The highest BCUT2D eigenvalue weighted by molar-refractivity contribution is 5.63. The van der Waals surface area contributed by atoms with Crippen LogP contribution in [0.3, 0.4) is 0 Å². The molecule has 3 aromatic rings. The highest BCUT2D eigenvalue weighted by atomic mass is 15.4. The van der Waals surface area contributed by atoms with E-state index in [1.54, 1.807) is 10.7 Å². The van der Waals surface area contributed by atoms with Crippen molar-refractivity contribution in [3.05, 3.63) is 42.2 Å². The maximum atomic E-state index is 5.83. The lowest BCUT2D eigenvalue weighted by Gasteiger charge is -2.02. The van der Waals surface area contributed by atoms with Gasteiger partial charge in [-0.05, 0) is 18.7 Å². The Labute approximate surface area is 115 Å². The van der Waals surface area contributed by atoms with Crippen LogP contribution in [0.5, 0.6) is 0 Å². The number of hydrogen-bond donors (Lipinski definition) is 3. The summed E-state index contributed by atoms with van der Waals surface area (Å²) < 4.78 is 1.68. The number of fused-ring (bicyclic) bond motifs is 1. The molecule has 3 rings (SSSR count). The number of hydrogen-bond acceptors (Lipinski definition) is 6. The molecule has 0 aliphatic rings. The molecule has 7 nitrogen and oxygen atoms in total. The Morgan fingerprint density at radius 3 is 2.75 bits per heavy atom. The fourth-order valence-electron chi connectivity index (χ4n) is 1.96. The smallest absolute Gasteiger partial charge is 0.247 e. The van der Waals surface area contributed by atoms with E-state index < -0.39 is 0 Å². The number of nitrogens with one attached hydrogen (secondary N) is 1. The van der Waals surface area contributed by atoms with Crippen LogP contribution in [0.2, 0.25) is 0 Å². The fraction of sp³-hybridized carbons (Fsp3) is 0.154. The summed E-state index contributed by atoms with van der Waals surface area (Å²) in [4.78, 5) is 8.48. The van der Waals surface area contributed by atoms with Gasteiger partial charge in [0.25, 0.3) is 0 Å². The normalized spacial score (nSPS) is 10.8. The first-order valence-electron chi connectivity index (χ1n) is 6.30. The standard InChI is InChI=1S/C13H15N7/c14-7-6-10-8-16-11(15)12-18-13(19-20(10)12)17-9-4-2-1-3-5-9/h1-5,8H,6-7,14H2,(H2,15,16)(H,17,19). The minimum atomic E-state index is 0.347. The molecule has 0 aliphatic carbocycles. The second-order valence-corrected chi connectivity index (χ2v) is 4.34. The SMILES string of the molecule is NCCc1cnc(N)c2nc(Nc3ccccc3)nn12. The fourth-order valence-corrected chi connectivity index (χ4v) is 1.96. The molecule has 2 heterocycles. The van der Waals surface area contributed by atoms with Crippen LogP contribution >= 0.6 is 0 Å². The maximum Gasteiger partial charge on any atom is 0.247 e. The zero-order valence-electron chi connectivity index (χ0n) is 10.8. The Morgan fingerprint density at radius 1 is 1.20 bits per heavy atom. The molecule has 0 unspecified atom stereocenters. The summed E-state index contributed by atoms with van der Waals surface area (Å²) in [5, 5.41) is 7.54. The van der Waals surface area contributed by atoms with Crippen molar-refractivity contribution in [3.63, 3.8) is 0 Å². The number of nitrogens with zero attached hydrogens (tertiary/aromatic N) is 4. The molecule has 0 spiro atoms. The van der Waals surface area contributed by atoms with Gasteiger partial charge in [-0.2, -0.15) is 4.98 Å². The molecule has 0 amide bonds. The average molecular weight is 269 g/mol. The van der Waals surface area contributed by atoms with Crippen molar-refractivity contribution in [1.29, 1.82) is 0 Å². The zero-order valence-corrected chi connectivity index (χ0v) is 10.8. The highest BCUT2D eigenvalue weighted by Crippen LogP contribution is 2.17. The first-order chi connectivity index (χ1) is 9.78. The van der Waals surface area contributed by atoms with E-state index in [4.69, 9.17) is 11.5 Å². The Morgan fingerprint density at radius 2 is 2.00 bits per heavy atom. The predicted molar refractivity (Wildman–Crippen MR) is 77.7 cm³/mol. The molecule has 0 atom stereocenters. The Kier molecular flexibility index (Phi) is 3.18. The molecule has 0 aliphatic heterocycles.